The molecule has 0 bridgehead atoms. The van der Waals surface area contributed by atoms with Gasteiger partial charge in [-0.15, -0.1) is 0 Å². The number of hydrogen-bond acceptors (Lipinski definition) is 4. The Kier molecular flexibility index (Phi) is 3.13. The van der Waals surface area contributed by atoms with Crippen LogP contribution >= 0.6 is 11.3 Å². The van der Waals surface area contributed by atoms with Gasteiger partial charge in [-0.3, -0.25) is 0 Å². The Labute approximate surface area is 94.6 Å². The van der Waals surface area contributed by atoms with Gasteiger partial charge in [-0.05, 0) is 12.1 Å². The van der Waals surface area contributed by atoms with Crippen molar-refractivity contribution in [2.24, 2.45) is 0 Å². The highest BCUT2D eigenvalue weighted by atomic mass is 32.2. The molecule has 15 heavy (non-hydrogen) atoms. The maximum atomic E-state index is 12.0. The Morgan fingerprint density at radius 3 is 2.67 bits per heavy atom. The molecule has 0 saturated carbocycles. The van der Waals surface area contributed by atoms with Crippen molar-refractivity contribution in [2.45, 2.75) is 9.10 Å². The first-order valence-electron chi connectivity index (χ1n) is 4.41. The molecular formula is C10H10N2OS2. The predicted molar refractivity (Wildman–Crippen MR) is 62.8 cm³/mol. The molecule has 2 rings (SSSR count). The van der Waals surface area contributed by atoms with Crippen LogP contribution in [0.4, 0.5) is 5.13 Å². The summed E-state index contributed by atoms with van der Waals surface area (Å²) >= 11 is 1.41. The number of rotatable bonds is 3. The van der Waals surface area contributed by atoms with E-state index >= 15 is 0 Å². The van der Waals surface area contributed by atoms with Crippen LogP contribution in [0, 0.1) is 0 Å². The number of anilines is 1. The number of nitrogens with one attached hydrogen (secondary N) is 1. The van der Waals surface area contributed by atoms with Gasteiger partial charge in [-0.2, -0.15) is 0 Å². The zero-order chi connectivity index (χ0) is 10.7. The average molecular weight is 238 g/mol. The average Bonchev–Trinajstić information content (AvgIpc) is 2.78. The van der Waals surface area contributed by atoms with Gasteiger partial charge in [0.15, 0.2) is 5.13 Å². The van der Waals surface area contributed by atoms with E-state index in [4.69, 9.17) is 0 Å². The first kappa shape index (κ1) is 10.3. The number of thiazole rings is 1. The summed E-state index contributed by atoms with van der Waals surface area (Å²) in [4.78, 5) is 4.90. The molecule has 2 aromatic rings. The van der Waals surface area contributed by atoms with E-state index in [2.05, 4.69) is 10.3 Å². The lowest BCUT2D eigenvalue weighted by molar-refractivity contribution is 0.684. The zero-order valence-electron chi connectivity index (χ0n) is 8.14. The minimum absolute atomic E-state index is 0.769. The minimum atomic E-state index is -1.11. The number of hydrogen-bond donors (Lipinski definition) is 1. The third-order valence-corrected chi connectivity index (χ3v) is 4.52. The molecule has 5 heteroatoms. The van der Waals surface area contributed by atoms with Crippen LogP contribution in [0.3, 0.4) is 0 Å². The van der Waals surface area contributed by atoms with Crippen molar-refractivity contribution in [3.8, 4) is 0 Å². The normalized spacial score (nSPS) is 12.3. The van der Waals surface area contributed by atoms with E-state index < -0.39 is 10.8 Å². The van der Waals surface area contributed by atoms with Crippen molar-refractivity contribution in [3.63, 3.8) is 0 Å². The molecule has 0 saturated heterocycles. The van der Waals surface area contributed by atoms with Crippen molar-refractivity contribution in [3.05, 3.63) is 36.5 Å². The Bertz CT molecular complexity index is 467. The molecule has 0 aliphatic heterocycles. The molecule has 1 atom stereocenters. The molecule has 78 valence electrons. The van der Waals surface area contributed by atoms with E-state index in [1.54, 1.807) is 13.2 Å². The fourth-order valence-electron chi connectivity index (χ4n) is 1.12. The van der Waals surface area contributed by atoms with Gasteiger partial charge in [-0.25, -0.2) is 9.19 Å². The van der Waals surface area contributed by atoms with Gasteiger partial charge < -0.3 is 5.32 Å². The highest BCUT2D eigenvalue weighted by Crippen LogP contribution is 2.24. The lowest BCUT2D eigenvalue weighted by Gasteiger charge is -1.96. The highest BCUT2D eigenvalue weighted by Gasteiger charge is 2.09. The molecule has 1 aromatic carbocycles. The third-order valence-electron chi connectivity index (χ3n) is 1.84. The first-order valence-corrected chi connectivity index (χ1v) is 6.38. The van der Waals surface area contributed by atoms with Crippen LogP contribution in [0.25, 0.3) is 0 Å². The lowest BCUT2D eigenvalue weighted by atomic mass is 10.4. The molecule has 1 N–H and O–H groups in total. The maximum Gasteiger partial charge on any atom is 0.183 e. The highest BCUT2D eigenvalue weighted by molar-refractivity contribution is 7.87. The number of nitrogens with zero attached hydrogens (tertiary/aromatic N) is 1. The van der Waals surface area contributed by atoms with Gasteiger partial charge in [0.1, 0.15) is 4.21 Å². The summed E-state index contributed by atoms with van der Waals surface area (Å²) in [5.41, 5.74) is 0. The molecule has 0 aliphatic rings. The Morgan fingerprint density at radius 2 is 2.07 bits per heavy atom. The topological polar surface area (TPSA) is 42.0 Å². The maximum absolute atomic E-state index is 12.0. The molecule has 1 unspecified atom stereocenters. The zero-order valence-corrected chi connectivity index (χ0v) is 9.77. The van der Waals surface area contributed by atoms with Gasteiger partial charge in [0, 0.05) is 11.9 Å². The van der Waals surface area contributed by atoms with Crippen LogP contribution in [0.2, 0.25) is 0 Å². The van der Waals surface area contributed by atoms with Gasteiger partial charge >= 0.3 is 0 Å². The fraction of sp³-hybridized carbons (Fsp3) is 0.100. The largest absolute Gasteiger partial charge is 0.365 e. The van der Waals surface area contributed by atoms with Crippen LogP contribution < -0.4 is 5.32 Å². The molecule has 0 fully saturated rings. The number of aromatic nitrogens is 1. The first-order chi connectivity index (χ1) is 7.31. The standard InChI is InChI=1S/C10H10N2OS2/c1-11-10-12-7-9(14-10)15(13)8-5-3-2-4-6-8/h2-7H,1H3,(H,11,12). The van der Waals surface area contributed by atoms with Crippen molar-refractivity contribution >= 4 is 27.3 Å². The van der Waals surface area contributed by atoms with Crippen molar-refractivity contribution < 1.29 is 4.21 Å². The van der Waals surface area contributed by atoms with Crippen molar-refractivity contribution in [2.75, 3.05) is 12.4 Å². The van der Waals surface area contributed by atoms with E-state index in [1.165, 1.54) is 11.3 Å². The second-order valence-corrected chi connectivity index (χ2v) is 5.55. The van der Waals surface area contributed by atoms with Gasteiger partial charge in [-0.1, -0.05) is 29.5 Å². The van der Waals surface area contributed by atoms with Crippen LogP contribution in [-0.4, -0.2) is 16.2 Å². The van der Waals surface area contributed by atoms with E-state index in [0.717, 1.165) is 14.2 Å². The van der Waals surface area contributed by atoms with Crippen molar-refractivity contribution in [1.29, 1.82) is 0 Å². The Morgan fingerprint density at radius 1 is 1.33 bits per heavy atom. The quantitative estimate of drug-likeness (QED) is 0.892. The van der Waals surface area contributed by atoms with Gasteiger partial charge in [0.25, 0.3) is 0 Å². The van der Waals surface area contributed by atoms with Crippen LogP contribution in [-0.2, 0) is 10.8 Å². The summed E-state index contributed by atoms with van der Waals surface area (Å²) in [6, 6.07) is 9.39. The minimum Gasteiger partial charge on any atom is -0.365 e. The van der Waals surface area contributed by atoms with Crippen LogP contribution in [0.1, 0.15) is 0 Å². The summed E-state index contributed by atoms with van der Waals surface area (Å²) < 4.78 is 12.8. The molecule has 3 nitrogen and oxygen atoms in total. The lowest BCUT2D eigenvalue weighted by Crippen LogP contribution is -1.88. The second kappa shape index (κ2) is 4.55. The molecule has 0 aliphatic carbocycles. The molecule has 0 spiro atoms. The van der Waals surface area contributed by atoms with E-state index in [-0.39, 0.29) is 0 Å². The second-order valence-electron chi connectivity index (χ2n) is 2.82. The van der Waals surface area contributed by atoms with Crippen molar-refractivity contribution in [1.82, 2.24) is 4.98 Å². The monoisotopic (exact) mass is 238 g/mol. The Balaban J connectivity index is 2.29. The molecule has 0 radical (unpaired) electrons. The summed E-state index contributed by atoms with van der Waals surface area (Å²) in [5, 5.41) is 3.71. The van der Waals surface area contributed by atoms with Crippen LogP contribution in [0.5, 0.6) is 0 Å². The summed E-state index contributed by atoms with van der Waals surface area (Å²) in [6.45, 7) is 0. The summed E-state index contributed by atoms with van der Waals surface area (Å²) in [6.07, 6.45) is 1.65. The molecule has 0 amide bonds. The predicted octanol–water partition coefficient (Wildman–Crippen LogP) is 2.35. The Hall–Kier alpha value is -1.20. The molecule has 1 heterocycles. The number of benzene rings is 1. The van der Waals surface area contributed by atoms with E-state index in [9.17, 15) is 4.21 Å². The van der Waals surface area contributed by atoms with Gasteiger partial charge in [0.05, 0.1) is 17.0 Å². The summed E-state index contributed by atoms with van der Waals surface area (Å²) in [7, 11) is 0.688. The SMILES string of the molecule is CNc1ncc(S(=O)c2ccccc2)s1. The fourth-order valence-corrected chi connectivity index (χ4v) is 3.24. The van der Waals surface area contributed by atoms with Gasteiger partial charge in [0.2, 0.25) is 0 Å². The molecular weight excluding hydrogens is 228 g/mol. The summed E-state index contributed by atoms with van der Waals surface area (Å²) in [5.74, 6) is 0. The van der Waals surface area contributed by atoms with E-state index in [0.29, 0.717) is 0 Å². The van der Waals surface area contributed by atoms with E-state index in [1.807, 2.05) is 30.3 Å². The molecule has 1 aromatic heterocycles. The third kappa shape index (κ3) is 2.24. The van der Waals surface area contributed by atoms with Crippen LogP contribution in [0.15, 0.2) is 45.6 Å². The smallest absolute Gasteiger partial charge is 0.183 e.